The number of hydrogen-bond donors (Lipinski definition) is 1. The minimum atomic E-state index is -0.0379. The predicted octanol–water partition coefficient (Wildman–Crippen LogP) is 4.12. The van der Waals surface area contributed by atoms with E-state index in [9.17, 15) is 4.79 Å². The molecule has 1 amide bonds. The van der Waals surface area contributed by atoms with Crippen molar-refractivity contribution >= 4 is 23.6 Å². The topological polar surface area (TPSA) is 46.9 Å². The Morgan fingerprint density at radius 2 is 1.88 bits per heavy atom. The second-order valence-corrected chi connectivity index (χ2v) is 9.06. The molecule has 4 nitrogen and oxygen atoms in total. The molecule has 4 bridgehead atoms. The first kappa shape index (κ1) is 17.1. The van der Waals surface area contributed by atoms with Crippen LogP contribution in [-0.2, 0) is 11.8 Å². The Kier molecular flexibility index (Phi) is 4.43. The van der Waals surface area contributed by atoms with Crippen LogP contribution in [0, 0.1) is 30.1 Å². The van der Waals surface area contributed by atoms with Crippen molar-refractivity contribution in [3.63, 3.8) is 0 Å². The van der Waals surface area contributed by atoms with Crippen LogP contribution in [0.2, 0.25) is 5.15 Å². The van der Waals surface area contributed by atoms with Gasteiger partial charge in [-0.1, -0.05) is 11.6 Å². The number of nitrogens with one attached hydrogen (secondary N) is 1. The average molecular weight is 362 g/mol. The first-order valence-corrected chi connectivity index (χ1v) is 9.97. The quantitative estimate of drug-likeness (QED) is 0.802. The van der Waals surface area contributed by atoms with E-state index in [2.05, 4.69) is 10.4 Å². The van der Waals surface area contributed by atoms with Crippen LogP contribution in [0.3, 0.4) is 0 Å². The van der Waals surface area contributed by atoms with Crippen molar-refractivity contribution in [1.82, 2.24) is 15.1 Å². The maximum atomic E-state index is 12.2. The van der Waals surface area contributed by atoms with Gasteiger partial charge in [0.05, 0.1) is 5.69 Å². The molecule has 1 aromatic rings. The number of hydrogen-bond acceptors (Lipinski definition) is 2. The van der Waals surface area contributed by atoms with Gasteiger partial charge in [0.1, 0.15) is 5.15 Å². The molecule has 4 fully saturated rings. The maximum Gasteiger partial charge on any atom is 0.244 e. The fourth-order valence-electron chi connectivity index (χ4n) is 6.10. The van der Waals surface area contributed by atoms with Gasteiger partial charge in [0.2, 0.25) is 5.91 Å². The van der Waals surface area contributed by atoms with Gasteiger partial charge in [0, 0.05) is 25.2 Å². The van der Waals surface area contributed by atoms with Crippen LogP contribution < -0.4 is 5.32 Å². The first-order chi connectivity index (χ1) is 11.9. The normalized spacial score (nSPS) is 33.3. The molecular weight excluding hydrogens is 334 g/mol. The average Bonchev–Trinajstić information content (AvgIpc) is 2.76. The van der Waals surface area contributed by atoms with Gasteiger partial charge in [-0.2, -0.15) is 5.10 Å². The van der Waals surface area contributed by atoms with E-state index in [4.69, 9.17) is 11.6 Å². The third-order valence-electron chi connectivity index (χ3n) is 6.72. The number of amides is 1. The zero-order chi connectivity index (χ0) is 17.6. The summed E-state index contributed by atoms with van der Waals surface area (Å²) in [5.74, 6) is 2.87. The molecule has 4 saturated carbocycles. The van der Waals surface area contributed by atoms with Gasteiger partial charge < -0.3 is 5.32 Å². The van der Waals surface area contributed by atoms with Crippen LogP contribution in [0.4, 0.5) is 0 Å². The van der Waals surface area contributed by atoms with E-state index in [0.717, 1.165) is 42.0 Å². The zero-order valence-corrected chi connectivity index (χ0v) is 16.0. The molecule has 1 heterocycles. The molecule has 136 valence electrons. The Bertz CT molecular complexity index is 671. The van der Waals surface area contributed by atoms with Gasteiger partial charge in [-0.05, 0) is 81.1 Å². The summed E-state index contributed by atoms with van der Waals surface area (Å²) < 4.78 is 1.63. The highest BCUT2D eigenvalue weighted by atomic mass is 35.5. The van der Waals surface area contributed by atoms with E-state index in [1.165, 1.54) is 38.5 Å². The highest BCUT2D eigenvalue weighted by molar-refractivity contribution is 6.31. The fraction of sp³-hybridized carbons (Fsp3) is 0.700. The minimum absolute atomic E-state index is 0.0379. The number of nitrogens with zero attached hydrogens (tertiary/aromatic N) is 2. The fourth-order valence-corrected chi connectivity index (χ4v) is 6.34. The summed E-state index contributed by atoms with van der Waals surface area (Å²) in [5, 5.41) is 7.90. The van der Waals surface area contributed by atoms with Crippen molar-refractivity contribution in [2.75, 3.05) is 6.54 Å². The van der Waals surface area contributed by atoms with Crippen molar-refractivity contribution in [2.45, 2.75) is 51.9 Å². The van der Waals surface area contributed by atoms with Crippen LogP contribution >= 0.6 is 11.6 Å². The van der Waals surface area contributed by atoms with Crippen molar-refractivity contribution < 1.29 is 4.79 Å². The van der Waals surface area contributed by atoms with E-state index >= 15 is 0 Å². The van der Waals surface area contributed by atoms with Crippen molar-refractivity contribution in [3.8, 4) is 0 Å². The summed E-state index contributed by atoms with van der Waals surface area (Å²) >= 11 is 6.20. The molecule has 0 saturated heterocycles. The second kappa shape index (κ2) is 6.46. The van der Waals surface area contributed by atoms with Crippen molar-refractivity contribution in [1.29, 1.82) is 0 Å². The Labute approximate surface area is 155 Å². The lowest BCUT2D eigenvalue weighted by Crippen LogP contribution is -2.47. The van der Waals surface area contributed by atoms with Gasteiger partial charge >= 0.3 is 0 Å². The number of halogens is 1. The molecule has 0 spiro atoms. The van der Waals surface area contributed by atoms with Crippen LogP contribution in [-0.4, -0.2) is 22.2 Å². The molecule has 25 heavy (non-hydrogen) atoms. The summed E-state index contributed by atoms with van der Waals surface area (Å²) in [4.78, 5) is 12.2. The molecule has 1 N–H and O–H groups in total. The second-order valence-electron chi connectivity index (χ2n) is 8.71. The maximum absolute atomic E-state index is 12.2. The van der Waals surface area contributed by atoms with E-state index in [0.29, 0.717) is 10.6 Å². The zero-order valence-electron chi connectivity index (χ0n) is 15.2. The smallest absolute Gasteiger partial charge is 0.244 e. The van der Waals surface area contributed by atoms with E-state index in [1.54, 1.807) is 23.9 Å². The lowest BCUT2D eigenvalue weighted by atomic mass is 9.49. The number of carbonyl (C=O) groups excluding carboxylic acids is 1. The lowest BCUT2D eigenvalue weighted by Gasteiger charge is -2.57. The first-order valence-electron chi connectivity index (χ1n) is 9.59. The molecule has 4 aliphatic carbocycles. The number of aromatic nitrogens is 2. The monoisotopic (exact) mass is 361 g/mol. The van der Waals surface area contributed by atoms with E-state index in [-0.39, 0.29) is 5.91 Å². The molecular formula is C20H28ClN3O. The highest BCUT2D eigenvalue weighted by Crippen LogP contribution is 2.61. The Hall–Kier alpha value is -1.29. The molecule has 5 heteroatoms. The van der Waals surface area contributed by atoms with Gasteiger partial charge in [-0.25, -0.2) is 0 Å². The summed E-state index contributed by atoms with van der Waals surface area (Å²) in [6.07, 6.45) is 13.1. The molecule has 0 radical (unpaired) electrons. The van der Waals surface area contributed by atoms with Crippen molar-refractivity contribution in [2.24, 2.45) is 30.2 Å². The molecule has 4 aliphatic rings. The molecule has 1 aromatic heterocycles. The third kappa shape index (κ3) is 3.38. The summed E-state index contributed by atoms with van der Waals surface area (Å²) in [7, 11) is 1.80. The lowest BCUT2D eigenvalue weighted by molar-refractivity contribution is -0.116. The number of rotatable bonds is 5. The standard InChI is InChI=1S/C20H28ClN3O/c1-13-17(19(21)24(2)23-13)3-4-18(25)22-6-5-20-10-14-7-15(11-20)9-16(8-14)12-20/h3-4,14-16H,5-12H2,1-2H3,(H,22,25)/b4-3+. The Balaban J connectivity index is 1.30. The third-order valence-corrected chi connectivity index (χ3v) is 7.17. The Morgan fingerprint density at radius 3 is 2.40 bits per heavy atom. The van der Waals surface area contributed by atoms with Gasteiger partial charge in [0.25, 0.3) is 0 Å². The van der Waals surface area contributed by atoms with Gasteiger partial charge in [0.15, 0.2) is 0 Å². The van der Waals surface area contributed by atoms with Crippen LogP contribution in [0.1, 0.15) is 56.2 Å². The summed E-state index contributed by atoms with van der Waals surface area (Å²) in [5.41, 5.74) is 2.18. The predicted molar refractivity (Wildman–Crippen MR) is 100 cm³/mol. The van der Waals surface area contributed by atoms with E-state index < -0.39 is 0 Å². The molecule has 0 aromatic carbocycles. The van der Waals surface area contributed by atoms with Gasteiger partial charge in [-0.15, -0.1) is 0 Å². The van der Waals surface area contributed by atoms with Crippen LogP contribution in [0.25, 0.3) is 6.08 Å². The molecule has 5 rings (SSSR count). The van der Waals surface area contributed by atoms with Crippen molar-refractivity contribution in [3.05, 3.63) is 22.5 Å². The molecule has 0 unspecified atom stereocenters. The van der Waals surface area contributed by atoms with Gasteiger partial charge in [-0.3, -0.25) is 9.48 Å². The largest absolute Gasteiger partial charge is 0.353 e. The summed E-state index contributed by atoms with van der Waals surface area (Å²) in [6, 6.07) is 0. The minimum Gasteiger partial charge on any atom is -0.353 e. The van der Waals surface area contributed by atoms with E-state index in [1.807, 2.05) is 6.92 Å². The van der Waals surface area contributed by atoms with Crippen LogP contribution in [0.15, 0.2) is 6.08 Å². The Morgan fingerprint density at radius 1 is 1.28 bits per heavy atom. The molecule has 0 atom stereocenters. The SMILES string of the molecule is Cc1nn(C)c(Cl)c1/C=C/C(=O)NCCC12CC3CC(CC(C3)C1)C2. The number of aryl methyl sites for hydroxylation is 2. The van der Waals surface area contributed by atoms with Crippen LogP contribution in [0.5, 0.6) is 0 Å². The highest BCUT2D eigenvalue weighted by Gasteiger charge is 2.50. The molecule has 0 aliphatic heterocycles. The number of carbonyl (C=O) groups is 1. The summed E-state index contributed by atoms with van der Waals surface area (Å²) in [6.45, 7) is 2.69.